The zero-order valence-corrected chi connectivity index (χ0v) is 15.9. The first kappa shape index (κ1) is 20.4. The van der Waals surface area contributed by atoms with E-state index in [0.717, 1.165) is 28.6 Å². The van der Waals surface area contributed by atoms with Gasteiger partial charge in [0.15, 0.2) is 15.3 Å². The van der Waals surface area contributed by atoms with Crippen LogP contribution in [0.2, 0.25) is 0 Å². The number of sulfonamides is 1. The van der Waals surface area contributed by atoms with Crippen LogP contribution in [0.15, 0.2) is 59.5 Å². The molecule has 150 valence electrons. The van der Waals surface area contributed by atoms with Gasteiger partial charge in [-0.3, -0.25) is 4.79 Å². The molecule has 28 heavy (non-hydrogen) atoms. The Hall–Kier alpha value is -2.33. The van der Waals surface area contributed by atoms with E-state index in [2.05, 4.69) is 0 Å². The summed E-state index contributed by atoms with van der Waals surface area (Å²) in [4.78, 5) is 13.8. The van der Waals surface area contributed by atoms with Gasteiger partial charge in [-0.2, -0.15) is 0 Å². The lowest BCUT2D eigenvalue weighted by molar-refractivity contribution is -0.131. The molecule has 2 atom stereocenters. The SMILES string of the molecule is O=C1CN([S+](=O)([O-])c2ccc(F)cc2)CC(O)CN1CCOc1ccccc1. The predicted octanol–water partition coefficient (Wildman–Crippen LogP) is 1.31. The van der Waals surface area contributed by atoms with Crippen LogP contribution in [0.5, 0.6) is 5.75 Å². The average molecular weight is 408 g/mol. The van der Waals surface area contributed by atoms with E-state index in [9.17, 15) is 23.1 Å². The van der Waals surface area contributed by atoms with Crippen molar-refractivity contribution in [1.82, 2.24) is 9.21 Å². The summed E-state index contributed by atoms with van der Waals surface area (Å²) in [5.74, 6) is -0.333. The molecule has 1 amide bonds. The Bertz CT molecular complexity index is 849. The van der Waals surface area contributed by atoms with Gasteiger partial charge in [-0.1, -0.05) is 22.4 Å². The molecule has 7 nitrogen and oxygen atoms in total. The van der Waals surface area contributed by atoms with E-state index in [0.29, 0.717) is 5.75 Å². The molecule has 2 aromatic carbocycles. The summed E-state index contributed by atoms with van der Waals surface area (Å²) in [7, 11) is -4.03. The molecule has 9 heteroatoms. The van der Waals surface area contributed by atoms with Crippen molar-refractivity contribution in [2.45, 2.75) is 11.0 Å². The van der Waals surface area contributed by atoms with Crippen molar-refractivity contribution in [1.29, 1.82) is 0 Å². The fourth-order valence-corrected chi connectivity index (χ4v) is 4.34. The van der Waals surface area contributed by atoms with E-state index >= 15 is 0 Å². The summed E-state index contributed by atoms with van der Waals surface area (Å²) >= 11 is 0. The third-order valence-corrected chi connectivity index (χ3v) is 6.16. The van der Waals surface area contributed by atoms with Crippen LogP contribution in [0.4, 0.5) is 4.39 Å². The molecule has 0 aliphatic carbocycles. The van der Waals surface area contributed by atoms with E-state index < -0.39 is 34.8 Å². The van der Waals surface area contributed by atoms with Gasteiger partial charge in [-0.25, -0.2) is 4.39 Å². The second-order valence-corrected chi connectivity index (χ2v) is 8.34. The summed E-state index contributed by atoms with van der Waals surface area (Å²) in [5, 5.41) is 10.2. The standard InChI is InChI=1S/C19H21FN2O5S/c20-15-6-8-18(9-7-15)28(25,26)22-13-16(23)12-21(19(24)14-22)10-11-27-17-4-2-1-3-5-17/h1-9,16,23H,10-14H2. The molecule has 1 aliphatic rings. The molecular weight excluding hydrogens is 387 g/mol. The number of aliphatic hydroxyl groups is 1. The van der Waals surface area contributed by atoms with Gasteiger partial charge in [0, 0.05) is 6.54 Å². The lowest BCUT2D eigenvalue weighted by Gasteiger charge is -2.26. The number of para-hydroxylation sites is 1. The highest BCUT2D eigenvalue weighted by Gasteiger charge is 2.38. The fraction of sp³-hybridized carbons (Fsp3) is 0.316. The number of aliphatic hydroxyl groups excluding tert-OH is 1. The number of nitrogens with zero attached hydrogens (tertiary/aromatic N) is 2. The van der Waals surface area contributed by atoms with Crippen LogP contribution >= 0.6 is 0 Å². The normalized spacial score (nSPS) is 20.5. The van der Waals surface area contributed by atoms with Crippen molar-refractivity contribution < 1.29 is 27.8 Å². The molecule has 0 radical (unpaired) electrons. The first-order valence-corrected chi connectivity index (χ1v) is 10.2. The lowest BCUT2D eigenvalue weighted by Crippen LogP contribution is -2.43. The van der Waals surface area contributed by atoms with E-state index in [1.54, 1.807) is 12.1 Å². The summed E-state index contributed by atoms with van der Waals surface area (Å²) < 4.78 is 45.1. The van der Waals surface area contributed by atoms with Gasteiger partial charge in [-0.05, 0) is 36.4 Å². The molecular formula is C19H21FN2O5S. The summed E-state index contributed by atoms with van der Waals surface area (Å²) in [5.41, 5.74) is 0. The molecule has 2 unspecified atom stereocenters. The summed E-state index contributed by atoms with van der Waals surface area (Å²) in [6.45, 7) is -0.182. The Morgan fingerprint density at radius 1 is 1.14 bits per heavy atom. The molecule has 1 fully saturated rings. The Kier molecular flexibility index (Phi) is 6.40. The monoisotopic (exact) mass is 408 g/mol. The third kappa shape index (κ3) is 4.93. The van der Waals surface area contributed by atoms with Gasteiger partial charge < -0.3 is 19.3 Å². The highest BCUT2D eigenvalue weighted by atomic mass is 32.3. The number of halogens is 1. The molecule has 2 aromatic rings. The van der Waals surface area contributed by atoms with Crippen LogP contribution in [-0.2, 0) is 19.4 Å². The van der Waals surface area contributed by atoms with Crippen molar-refractivity contribution in [2.75, 3.05) is 32.8 Å². The van der Waals surface area contributed by atoms with Gasteiger partial charge in [0.2, 0.25) is 5.91 Å². The maximum atomic E-state index is 13.1. The van der Waals surface area contributed by atoms with Crippen LogP contribution in [-0.4, -0.2) is 63.7 Å². The topological polar surface area (TPSA) is 93.1 Å². The van der Waals surface area contributed by atoms with Gasteiger partial charge in [0.05, 0.1) is 19.2 Å². The smallest absolute Gasteiger partial charge is 0.241 e. The van der Waals surface area contributed by atoms with E-state index in [1.165, 1.54) is 4.90 Å². The number of benzene rings is 2. The highest BCUT2D eigenvalue weighted by Crippen LogP contribution is 2.23. The largest absolute Gasteiger partial charge is 0.593 e. The zero-order valence-electron chi connectivity index (χ0n) is 15.1. The maximum Gasteiger partial charge on any atom is 0.241 e. The molecule has 0 saturated carbocycles. The summed E-state index contributed by atoms with van der Waals surface area (Å²) in [6, 6.07) is 13.4. The number of β-amino-alcohol motifs (C(OH)–C–C–N with tert-alkyl or cyclic N) is 1. The number of carbonyl (C=O) groups is 1. The molecule has 0 aromatic heterocycles. The Labute approximate surface area is 163 Å². The number of rotatable bonds is 6. The van der Waals surface area contributed by atoms with Crippen LogP contribution in [0.25, 0.3) is 0 Å². The molecule has 1 heterocycles. The minimum absolute atomic E-state index is 0.00637. The maximum absolute atomic E-state index is 13.1. The minimum Gasteiger partial charge on any atom is -0.593 e. The molecule has 0 bridgehead atoms. The van der Waals surface area contributed by atoms with Crippen LogP contribution in [0.1, 0.15) is 0 Å². The average Bonchev–Trinajstić information content (AvgIpc) is 2.82. The Morgan fingerprint density at radius 2 is 1.82 bits per heavy atom. The van der Waals surface area contributed by atoms with E-state index in [-0.39, 0.29) is 31.1 Å². The number of hydrogen-bond acceptors (Lipinski definition) is 5. The fourth-order valence-electron chi connectivity index (χ4n) is 2.91. The molecule has 0 spiro atoms. The lowest BCUT2D eigenvalue weighted by atomic mass is 10.3. The highest BCUT2D eigenvalue weighted by molar-refractivity contribution is 7.95. The second kappa shape index (κ2) is 8.78. The van der Waals surface area contributed by atoms with Gasteiger partial charge in [0.1, 0.15) is 24.7 Å². The molecule has 1 aliphatic heterocycles. The minimum atomic E-state index is -4.03. The van der Waals surface area contributed by atoms with Gasteiger partial charge >= 0.3 is 0 Å². The first-order valence-electron chi connectivity index (χ1n) is 8.75. The van der Waals surface area contributed by atoms with Crippen molar-refractivity contribution in [2.24, 2.45) is 0 Å². The van der Waals surface area contributed by atoms with Crippen molar-refractivity contribution in [3.8, 4) is 5.75 Å². The van der Waals surface area contributed by atoms with Gasteiger partial charge in [0.25, 0.3) is 0 Å². The van der Waals surface area contributed by atoms with Crippen LogP contribution in [0.3, 0.4) is 0 Å². The quantitative estimate of drug-likeness (QED) is 0.728. The number of carbonyl (C=O) groups excluding carboxylic acids is 1. The van der Waals surface area contributed by atoms with Crippen molar-refractivity contribution in [3.63, 3.8) is 0 Å². The Balaban J connectivity index is 1.65. The molecule has 1 N–H and O–H groups in total. The predicted molar refractivity (Wildman–Crippen MR) is 99.6 cm³/mol. The number of hydrogen-bond donors (Lipinski definition) is 1. The van der Waals surface area contributed by atoms with Crippen LogP contribution in [0, 0.1) is 5.82 Å². The number of ether oxygens (including phenoxy) is 1. The molecule has 3 rings (SSSR count). The van der Waals surface area contributed by atoms with Crippen LogP contribution < -0.4 is 4.74 Å². The zero-order chi connectivity index (χ0) is 20.1. The first-order chi connectivity index (χ1) is 13.4. The Morgan fingerprint density at radius 3 is 2.50 bits per heavy atom. The van der Waals surface area contributed by atoms with Gasteiger partial charge in [-0.15, -0.1) is 4.31 Å². The number of amides is 1. The third-order valence-electron chi connectivity index (χ3n) is 4.33. The van der Waals surface area contributed by atoms with Crippen molar-refractivity contribution >= 4 is 16.3 Å². The molecule has 1 saturated heterocycles. The summed E-state index contributed by atoms with van der Waals surface area (Å²) in [6.07, 6.45) is -1.04. The van der Waals surface area contributed by atoms with E-state index in [4.69, 9.17) is 4.74 Å². The van der Waals surface area contributed by atoms with E-state index in [1.807, 2.05) is 18.2 Å². The second-order valence-electron chi connectivity index (χ2n) is 6.41. The van der Waals surface area contributed by atoms with Crippen molar-refractivity contribution in [3.05, 3.63) is 60.4 Å².